The molecule has 0 aromatic heterocycles. The van der Waals surface area contributed by atoms with E-state index < -0.39 is 23.9 Å². The molecule has 2 saturated carbocycles. The van der Waals surface area contributed by atoms with Crippen LogP contribution in [-0.2, 0) is 0 Å². The Bertz CT molecular complexity index is 322. The van der Waals surface area contributed by atoms with Gasteiger partial charge >= 0.3 is 12.4 Å². The van der Waals surface area contributed by atoms with Gasteiger partial charge in [-0.1, -0.05) is 25.7 Å². The molecule has 1 N–H and O–H groups in total. The topological polar surface area (TPSA) is 20.2 Å². The predicted octanol–water partition coefficient (Wildman–Crippen LogP) is 4.45. The average Bonchev–Trinajstić information content (AvgIpc) is 3.10. The zero-order valence-corrected chi connectivity index (χ0v) is 10.9. The van der Waals surface area contributed by atoms with Crippen molar-refractivity contribution in [3.63, 3.8) is 0 Å². The van der Waals surface area contributed by atoms with Gasteiger partial charge in [-0.15, -0.1) is 0 Å². The van der Waals surface area contributed by atoms with E-state index in [1.807, 2.05) is 0 Å². The van der Waals surface area contributed by atoms with E-state index in [9.17, 15) is 31.4 Å². The quantitative estimate of drug-likeness (QED) is 0.764. The second kappa shape index (κ2) is 5.07. The lowest BCUT2D eigenvalue weighted by atomic mass is 9.71. The van der Waals surface area contributed by atoms with Crippen molar-refractivity contribution in [2.24, 2.45) is 17.8 Å². The van der Waals surface area contributed by atoms with Crippen LogP contribution in [0.15, 0.2) is 0 Å². The molecule has 7 heteroatoms. The highest BCUT2D eigenvalue weighted by atomic mass is 19.4. The average molecular weight is 304 g/mol. The lowest BCUT2D eigenvalue weighted by Gasteiger charge is -2.42. The predicted molar refractivity (Wildman–Crippen MR) is 59.8 cm³/mol. The molecule has 2 aliphatic carbocycles. The van der Waals surface area contributed by atoms with Gasteiger partial charge in [-0.2, -0.15) is 26.3 Å². The van der Waals surface area contributed by atoms with E-state index in [0.717, 1.165) is 19.3 Å². The van der Waals surface area contributed by atoms with Crippen LogP contribution in [0.25, 0.3) is 0 Å². The summed E-state index contributed by atoms with van der Waals surface area (Å²) in [6.07, 6.45) is -7.96. The van der Waals surface area contributed by atoms with Gasteiger partial charge in [-0.3, -0.25) is 0 Å². The molecule has 0 aromatic rings. The van der Waals surface area contributed by atoms with Gasteiger partial charge in [-0.05, 0) is 31.1 Å². The van der Waals surface area contributed by atoms with Crippen molar-refractivity contribution in [1.82, 2.24) is 0 Å². The molecule has 0 atom stereocenters. The summed E-state index contributed by atoms with van der Waals surface area (Å²) in [5.74, 6) is -0.955. The third kappa shape index (κ3) is 2.92. The van der Waals surface area contributed by atoms with Crippen molar-refractivity contribution in [1.29, 1.82) is 0 Å². The number of hydrogen-bond acceptors (Lipinski definition) is 1. The van der Waals surface area contributed by atoms with E-state index in [1.54, 1.807) is 0 Å². The van der Waals surface area contributed by atoms with Gasteiger partial charge in [0.1, 0.15) is 0 Å². The Hall–Kier alpha value is -0.460. The normalized spacial score (nSPS) is 29.6. The lowest BCUT2D eigenvalue weighted by Crippen LogP contribution is -2.62. The third-order valence-corrected chi connectivity index (χ3v) is 4.67. The maximum Gasteiger partial charge on any atom is 0.426 e. The van der Waals surface area contributed by atoms with E-state index in [1.165, 1.54) is 0 Å². The van der Waals surface area contributed by atoms with E-state index in [4.69, 9.17) is 0 Å². The first-order valence-electron chi connectivity index (χ1n) is 6.91. The summed E-state index contributed by atoms with van der Waals surface area (Å²) in [6, 6.07) is 0. The summed E-state index contributed by atoms with van der Waals surface area (Å²) < 4.78 is 76.4. The minimum atomic E-state index is -5.68. The van der Waals surface area contributed by atoms with Crippen molar-refractivity contribution in [3.05, 3.63) is 0 Å². The van der Waals surface area contributed by atoms with Gasteiger partial charge < -0.3 is 5.11 Å². The molecule has 0 spiro atoms. The van der Waals surface area contributed by atoms with Gasteiger partial charge in [0.2, 0.25) is 0 Å². The van der Waals surface area contributed by atoms with Crippen molar-refractivity contribution >= 4 is 0 Å². The van der Waals surface area contributed by atoms with E-state index in [0.29, 0.717) is 18.8 Å². The number of hydrogen-bond donors (Lipinski definition) is 1. The minimum absolute atomic E-state index is 0.212. The van der Waals surface area contributed by atoms with Crippen LogP contribution in [0.5, 0.6) is 0 Å². The second-order valence-corrected chi connectivity index (χ2v) is 6.16. The monoisotopic (exact) mass is 304 g/mol. The number of alkyl halides is 6. The smallest absolute Gasteiger partial charge is 0.373 e. The van der Waals surface area contributed by atoms with E-state index in [2.05, 4.69) is 0 Å². The standard InChI is InChI=1S/C13H18F6O/c14-12(15,16)11(20,13(17,18)19)10-5-3-9(4-6-10)7-8-1-2-8/h8-10,20H,1-7H2. The molecular weight excluding hydrogens is 286 g/mol. The Morgan fingerprint density at radius 3 is 1.35 bits per heavy atom. The number of rotatable bonds is 3. The molecule has 0 heterocycles. The summed E-state index contributed by atoms with van der Waals surface area (Å²) >= 11 is 0. The molecule has 0 aliphatic heterocycles. The first-order valence-corrected chi connectivity index (χ1v) is 6.91. The fraction of sp³-hybridized carbons (Fsp3) is 1.00. The van der Waals surface area contributed by atoms with Gasteiger partial charge in [0, 0.05) is 5.92 Å². The lowest BCUT2D eigenvalue weighted by molar-refractivity contribution is -0.387. The maximum absolute atomic E-state index is 12.7. The van der Waals surface area contributed by atoms with E-state index in [-0.39, 0.29) is 18.8 Å². The Balaban J connectivity index is 2.04. The van der Waals surface area contributed by atoms with Gasteiger partial charge in [0.05, 0.1) is 0 Å². The molecule has 20 heavy (non-hydrogen) atoms. The highest BCUT2D eigenvalue weighted by molar-refractivity contribution is 5.00. The zero-order chi connectivity index (χ0) is 15.2. The van der Waals surface area contributed by atoms with Crippen LogP contribution in [-0.4, -0.2) is 23.1 Å². The highest BCUT2D eigenvalue weighted by Gasteiger charge is 2.73. The van der Waals surface area contributed by atoms with Crippen molar-refractivity contribution < 1.29 is 31.4 Å². The van der Waals surface area contributed by atoms with Crippen molar-refractivity contribution in [2.75, 3.05) is 0 Å². The number of halogens is 6. The SMILES string of the molecule is OC(C1CCC(CC2CC2)CC1)(C(F)(F)F)C(F)(F)F. The summed E-state index contributed by atoms with van der Waals surface area (Å²) in [5, 5.41) is 9.34. The van der Waals surface area contributed by atoms with Crippen molar-refractivity contribution in [2.45, 2.75) is 62.9 Å². The Kier molecular flexibility index (Phi) is 4.04. The minimum Gasteiger partial charge on any atom is -0.373 e. The molecule has 2 rings (SSSR count). The molecular formula is C13H18F6O. The summed E-state index contributed by atoms with van der Waals surface area (Å²) in [4.78, 5) is 0. The molecule has 0 bridgehead atoms. The fourth-order valence-corrected chi connectivity index (χ4v) is 3.26. The van der Waals surface area contributed by atoms with Gasteiger partial charge in [0.15, 0.2) is 0 Å². The molecule has 118 valence electrons. The van der Waals surface area contributed by atoms with Crippen LogP contribution in [0.1, 0.15) is 44.9 Å². The zero-order valence-electron chi connectivity index (χ0n) is 10.9. The maximum atomic E-state index is 12.7. The molecule has 0 saturated heterocycles. The molecule has 2 aliphatic rings. The van der Waals surface area contributed by atoms with Crippen LogP contribution in [0, 0.1) is 17.8 Å². The largest absolute Gasteiger partial charge is 0.426 e. The van der Waals surface area contributed by atoms with Crippen LogP contribution >= 0.6 is 0 Å². The second-order valence-electron chi connectivity index (χ2n) is 6.16. The first kappa shape index (κ1) is 15.9. The van der Waals surface area contributed by atoms with Crippen LogP contribution < -0.4 is 0 Å². The number of aliphatic hydroxyl groups is 1. The van der Waals surface area contributed by atoms with E-state index >= 15 is 0 Å². The van der Waals surface area contributed by atoms with Gasteiger partial charge in [-0.25, -0.2) is 0 Å². The first-order chi connectivity index (χ1) is 9.05. The highest BCUT2D eigenvalue weighted by Crippen LogP contribution is 2.53. The molecule has 0 unspecified atom stereocenters. The third-order valence-electron chi connectivity index (χ3n) is 4.67. The van der Waals surface area contributed by atoms with Crippen molar-refractivity contribution in [3.8, 4) is 0 Å². The van der Waals surface area contributed by atoms with Crippen LogP contribution in [0.2, 0.25) is 0 Å². The Morgan fingerprint density at radius 2 is 1.05 bits per heavy atom. The molecule has 2 fully saturated rings. The van der Waals surface area contributed by atoms with Crippen LogP contribution in [0.3, 0.4) is 0 Å². The molecule has 0 amide bonds. The Morgan fingerprint density at radius 1 is 0.700 bits per heavy atom. The molecule has 1 nitrogen and oxygen atoms in total. The van der Waals surface area contributed by atoms with Crippen LogP contribution in [0.4, 0.5) is 26.3 Å². The Labute approximate surface area is 113 Å². The van der Waals surface area contributed by atoms with Gasteiger partial charge in [0.25, 0.3) is 5.60 Å². The summed E-state index contributed by atoms with van der Waals surface area (Å²) in [7, 11) is 0. The fourth-order valence-electron chi connectivity index (χ4n) is 3.26. The molecule has 0 aromatic carbocycles. The molecule has 0 radical (unpaired) electrons. The summed E-state index contributed by atoms with van der Waals surface area (Å²) in [6.45, 7) is 0. The summed E-state index contributed by atoms with van der Waals surface area (Å²) in [5.41, 5.74) is -4.56.